The van der Waals surface area contributed by atoms with Gasteiger partial charge in [0.1, 0.15) is 0 Å². The second-order valence-electron chi connectivity index (χ2n) is 3.94. The molecular weight excluding hydrogens is 144 g/mol. The fraction of sp³-hybridized carbons (Fsp3) is 0.833. The molecule has 0 amide bonds. The Bertz CT molecular complexity index is 116. The lowest BCUT2D eigenvalue weighted by Gasteiger charge is -2.15. The van der Waals surface area contributed by atoms with Crippen LogP contribution < -0.4 is 0 Å². The first-order valence-corrected chi connectivity index (χ1v) is 5.60. The molecule has 0 saturated heterocycles. The second-order valence-corrected chi connectivity index (χ2v) is 3.94. The van der Waals surface area contributed by atoms with E-state index in [1.54, 1.807) is 0 Å². The maximum atomic E-state index is 2.45. The highest BCUT2D eigenvalue weighted by Crippen LogP contribution is 2.23. The molecule has 0 heterocycles. The van der Waals surface area contributed by atoms with Crippen molar-refractivity contribution in [3.8, 4) is 0 Å². The van der Waals surface area contributed by atoms with Crippen molar-refractivity contribution in [2.24, 2.45) is 5.92 Å². The molecule has 0 aromatic rings. The van der Waals surface area contributed by atoms with Crippen molar-refractivity contribution >= 4 is 0 Å². The highest BCUT2D eigenvalue weighted by Gasteiger charge is 2.06. The highest BCUT2D eigenvalue weighted by molar-refractivity contribution is 4.87. The summed E-state index contributed by atoms with van der Waals surface area (Å²) in [6.07, 6.45) is 16.2. The zero-order chi connectivity index (χ0) is 8.65. The van der Waals surface area contributed by atoms with Crippen LogP contribution in [0.3, 0.4) is 0 Å². The molecule has 0 aromatic heterocycles. The molecule has 0 heteroatoms. The fourth-order valence-corrected chi connectivity index (χ4v) is 2.01. The molecular formula is C12H22. The quantitative estimate of drug-likeness (QED) is 0.536. The zero-order valence-corrected chi connectivity index (χ0v) is 8.39. The predicted molar refractivity (Wildman–Crippen MR) is 55.2 cm³/mol. The van der Waals surface area contributed by atoms with E-state index < -0.39 is 0 Å². The van der Waals surface area contributed by atoms with Crippen LogP contribution in [0.1, 0.15) is 58.3 Å². The van der Waals surface area contributed by atoms with Crippen molar-refractivity contribution in [1.29, 1.82) is 0 Å². The third-order valence-corrected chi connectivity index (χ3v) is 2.79. The molecule has 0 bridgehead atoms. The Morgan fingerprint density at radius 1 is 1.00 bits per heavy atom. The average Bonchev–Trinajstić information content (AvgIpc) is 2.02. The average molecular weight is 166 g/mol. The van der Waals surface area contributed by atoms with Gasteiger partial charge in [-0.15, -0.1) is 0 Å². The lowest BCUT2D eigenvalue weighted by Crippen LogP contribution is -2.00. The Balaban J connectivity index is 2.24. The van der Waals surface area contributed by atoms with E-state index in [1.807, 2.05) is 0 Å². The van der Waals surface area contributed by atoms with E-state index in [9.17, 15) is 0 Å². The van der Waals surface area contributed by atoms with Gasteiger partial charge in [0, 0.05) is 0 Å². The maximum absolute atomic E-state index is 2.45. The minimum absolute atomic E-state index is 0.908. The number of hydrogen-bond donors (Lipinski definition) is 0. The van der Waals surface area contributed by atoms with Gasteiger partial charge in [0.2, 0.25) is 0 Å². The summed E-state index contributed by atoms with van der Waals surface area (Å²) in [5, 5.41) is 0. The first-order chi connectivity index (χ1) is 5.93. The first-order valence-electron chi connectivity index (χ1n) is 5.60. The standard InChI is InChI=1S/C12H22/c1-2-3-9-12-10-7-5-4-6-8-11-12/h3,9,12H,2,4-8,10-11H2,1H3/b9-3+. The molecule has 1 saturated carbocycles. The Morgan fingerprint density at radius 2 is 1.58 bits per heavy atom. The van der Waals surface area contributed by atoms with Crippen LogP contribution in [-0.2, 0) is 0 Å². The van der Waals surface area contributed by atoms with Gasteiger partial charge in [0.15, 0.2) is 0 Å². The molecule has 1 fully saturated rings. The number of hydrogen-bond acceptors (Lipinski definition) is 0. The molecule has 0 radical (unpaired) electrons. The van der Waals surface area contributed by atoms with Crippen LogP contribution in [0.15, 0.2) is 12.2 Å². The Morgan fingerprint density at radius 3 is 2.17 bits per heavy atom. The van der Waals surface area contributed by atoms with Gasteiger partial charge < -0.3 is 0 Å². The minimum atomic E-state index is 0.908. The summed E-state index contributed by atoms with van der Waals surface area (Å²) < 4.78 is 0. The topological polar surface area (TPSA) is 0 Å². The molecule has 0 aliphatic heterocycles. The summed E-state index contributed by atoms with van der Waals surface area (Å²) >= 11 is 0. The van der Waals surface area contributed by atoms with E-state index in [4.69, 9.17) is 0 Å². The van der Waals surface area contributed by atoms with Gasteiger partial charge >= 0.3 is 0 Å². The van der Waals surface area contributed by atoms with Crippen molar-refractivity contribution < 1.29 is 0 Å². The summed E-state index contributed by atoms with van der Waals surface area (Å²) in [7, 11) is 0. The van der Waals surface area contributed by atoms with Gasteiger partial charge in [0.05, 0.1) is 0 Å². The smallest absolute Gasteiger partial charge is 0.0234 e. The lowest BCUT2D eigenvalue weighted by atomic mass is 9.91. The van der Waals surface area contributed by atoms with Crippen LogP contribution in [0.4, 0.5) is 0 Å². The third-order valence-electron chi connectivity index (χ3n) is 2.79. The molecule has 0 atom stereocenters. The first kappa shape index (κ1) is 9.83. The SMILES string of the molecule is CC/C=C/C1CCCCCCC1. The van der Waals surface area contributed by atoms with Gasteiger partial charge in [-0.3, -0.25) is 0 Å². The minimum Gasteiger partial charge on any atom is -0.0885 e. The van der Waals surface area contributed by atoms with E-state index in [0.717, 1.165) is 5.92 Å². The van der Waals surface area contributed by atoms with Crippen molar-refractivity contribution in [2.75, 3.05) is 0 Å². The molecule has 12 heavy (non-hydrogen) atoms. The molecule has 0 unspecified atom stereocenters. The summed E-state index contributed by atoms with van der Waals surface area (Å²) in [5.41, 5.74) is 0. The Hall–Kier alpha value is -0.260. The summed E-state index contributed by atoms with van der Waals surface area (Å²) in [5.74, 6) is 0.908. The van der Waals surface area contributed by atoms with Gasteiger partial charge in [-0.2, -0.15) is 0 Å². The van der Waals surface area contributed by atoms with Crippen LogP contribution in [-0.4, -0.2) is 0 Å². The van der Waals surface area contributed by atoms with Crippen molar-refractivity contribution in [3.63, 3.8) is 0 Å². The Kier molecular flexibility index (Phi) is 5.14. The van der Waals surface area contributed by atoms with Gasteiger partial charge in [-0.05, 0) is 25.2 Å². The molecule has 1 aliphatic carbocycles. The third kappa shape index (κ3) is 3.94. The Labute approximate surface area is 77.1 Å². The van der Waals surface area contributed by atoms with E-state index in [1.165, 1.54) is 51.4 Å². The van der Waals surface area contributed by atoms with Crippen LogP contribution in [0.25, 0.3) is 0 Å². The van der Waals surface area contributed by atoms with E-state index >= 15 is 0 Å². The van der Waals surface area contributed by atoms with Crippen LogP contribution in [0.5, 0.6) is 0 Å². The van der Waals surface area contributed by atoms with Gasteiger partial charge in [-0.25, -0.2) is 0 Å². The summed E-state index contributed by atoms with van der Waals surface area (Å²) in [4.78, 5) is 0. The normalized spacial score (nSPS) is 22.4. The van der Waals surface area contributed by atoms with Crippen LogP contribution in [0.2, 0.25) is 0 Å². The highest BCUT2D eigenvalue weighted by atomic mass is 14.1. The van der Waals surface area contributed by atoms with E-state index in [-0.39, 0.29) is 0 Å². The van der Waals surface area contributed by atoms with Gasteiger partial charge in [0.25, 0.3) is 0 Å². The second kappa shape index (κ2) is 6.28. The zero-order valence-electron chi connectivity index (χ0n) is 8.39. The molecule has 0 aromatic carbocycles. The molecule has 0 nitrogen and oxygen atoms in total. The van der Waals surface area contributed by atoms with Crippen molar-refractivity contribution in [1.82, 2.24) is 0 Å². The molecule has 0 N–H and O–H groups in total. The van der Waals surface area contributed by atoms with Crippen molar-refractivity contribution in [3.05, 3.63) is 12.2 Å². The maximum Gasteiger partial charge on any atom is -0.0234 e. The number of rotatable bonds is 2. The summed E-state index contributed by atoms with van der Waals surface area (Å²) in [6.45, 7) is 2.22. The largest absolute Gasteiger partial charge is 0.0885 e. The van der Waals surface area contributed by atoms with Crippen LogP contribution in [0, 0.1) is 5.92 Å². The van der Waals surface area contributed by atoms with Crippen molar-refractivity contribution in [2.45, 2.75) is 58.3 Å². The molecule has 1 aliphatic rings. The predicted octanol–water partition coefficient (Wildman–Crippen LogP) is 4.31. The monoisotopic (exact) mass is 166 g/mol. The van der Waals surface area contributed by atoms with Gasteiger partial charge in [-0.1, -0.05) is 51.2 Å². The van der Waals surface area contributed by atoms with E-state index in [0.29, 0.717) is 0 Å². The fourth-order valence-electron chi connectivity index (χ4n) is 2.01. The number of allylic oxidation sites excluding steroid dienone is 2. The van der Waals surface area contributed by atoms with E-state index in [2.05, 4.69) is 19.1 Å². The molecule has 0 spiro atoms. The lowest BCUT2D eigenvalue weighted by molar-refractivity contribution is 0.434. The summed E-state index contributed by atoms with van der Waals surface area (Å²) in [6, 6.07) is 0. The van der Waals surface area contributed by atoms with Crippen LogP contribution >= 0.6 is 0 Å². The molecule has 70 valence electrons. The molecule has 1 rings (SSSR count).